The molecule has 0 aliphatic heterocycles. The lowest BCUT2D eigenvalue weighted by molar-refractivity contribution is 0.528. The van der Waals surface area contributed by atoms with Crippen LogP contribution in [0, 0.1) is 6.92 Å². The molecule has 0 saturated carbocycles. The molecule has 29 heavy (non-hydrogen) atoms. The maximum atomic E-state index is 5.77. The molecule has 0 amide bonds. The van der Waals surface area contributed by atoms with Crippen molar-refractivity contribution in [1.82, 2.24) is 30.4 Å². The minimum absolute atomic E-state index is 0.478. The van der Waals surface area contributed by atoms with Gasteiger partial charge in [0.15, 0.2) is 5.65 Å². The van der Waals surface area contributed by atoms with Crippen LogP contribution in [0.2, 0.25) is 0 Å². The lowest BCUT2D eigenvalue weighted by Gasteiger charge is -1.97. The first-order valence-corrected chi connectivity index (χ1v) is 10.4. The van der Waals surface area contributed by atoms with Gasteiger partial charge in [-0.25, -0.2) is 4.98 Å². The Morgan fingerprint density at radius 2 is 1.86 bits per heavy atom. The lowest BCUT2D eigenvalue weighted by Crippen LogP contribution is -1.92. The van der Waals surface area contributed by atoms with E-state index >= 15 is 0 Å². The summed E-state index contributed by atoms with van der Waals surface area (Å²) in [5.41, 5.74) is 5.89. The maximum Gasteiger partial charge on any atom is 0.247 e. The number of aryl methyl sites for hydroxylation is 2. The molecule has 5 aromatic rings. The Bertz CT molecular complexity index is 1310. The zero-order valence-corrected chi connectivity index (χ0v) is 16.8. The third-order valence-corrected chi connectivity index (χ3v) is 5.58. The Morgan fingerprint density at radius 3 is 2.69 bits per heavy atom. The van der Waals surface area contributed by atoms with E-state index in [0.29, 0.717) is 22.7 Å². The molecule has 0 saturated heterocycles. The fourth-order valence-electron chi connectivity index (χ4n) is 3.14. The van der Waals surface area contributed by atoms with E-state index in [0.717, 1.165) is 34.1 Å². The summed E-state index contributed by atoms with van der Waals surface area (Å²) in [6.45, 7) is 4.18. The molecule has 0 atom stereocenters. The van der Waals surface area contributed by atoms with E-state index in [-0.39, 0.29) is 0 Å². The molecule has 5 rings (SSSR count). The monoisotopic (exact) mass is 402 g/mol. The normalized spacial score (nSPS) is 11.5. The standard InChI is InChI=1S/C21H18N6OS/c1-3-13-6-9-16-15(10-13)18-19(22-16)23-21(27-25-18)29-11-17-24-26-20(28-17)14-7-4-12(2)5-8-14/h4-10H,3,11H2,1-2H3,(H,22,23,27). The van der Waals surface area contributed by atoms with E-state index in [1.807, 2.05) is 31.2 Å². The molecule has 0 aliphatic carbocycles. The van der Waals surface area contributed by atoms with Crippen molar-refractivity contribution in [3.63, 3.8) is 0 Å². The fraction of sp³-hybridized carbons (Fsp3) is 0.190. The van der Waals surface area contributed by atoms with Gasteiger partial charge in [-0.3, -0.25) is 0 Å². The predicted molar refractivity (Wildman–Crippen MR) is 113 cm³/mol. The van der Waals surface area contributed by atoms with Crippen molar-refractivity contribution < 1.29 is 4.42 Å². The minimum atomic E-state index is 0.478. The second-order valence-corrected chi connectivity index (χ2v) is 7.75. The molecule has 3 aromatic heterocycles. The molecule has 0 unspecified atom stereocenters. The number of aromatic nitrogens is 6. The van der Waals surface area contributed by atoms with Crippen LogP contribution in [0.5, 0.6) is 0 Å². The zero-order chi connectivity index (χ0) is 19.8. The van der Waals surface area contributed by atoms with Gasteiger partial charge in [0.25, 0.3) is 0 Å². The molecule has 7 nitrogen and oxygen atoms in total. The van der Waals surface area contributed by atoms with E-state index in [4.69, 9.17) is 4.42 Å². The van der Waals surface area contributed by atoms with Crippen LogP contribution in [0.25, 0.3) is 33.5 Å². The summed E-state index contributed by atoms with van der Waals surface area (Å²) in [4.78, 5) is 7.92. The highest BCUT2D eigenvalue weighted by molar-refractivity contribution is 7.98. The van der Waals surface area contributed by atoms with E-state index in [2.05, 4.69) is 55.5 Å². The van der Waals surface area contributed by atoms with Crippen LogP contribution in [-0.4, -0.2) is 30.4 Å². The van der Waals surface area contributed by atoms with Crippen LogP contribution in [0.3, 0.4) is 0 Å². The molecule has 0 aliphatic rings. The molecule has 2 aromatic carbocycles. The number of aromatic amines is 1. The molecule has 3 heterocycles. The van der Waals surface area contributed by atoms with E-state index < -0.39 is 0 Å². The lowest BCUT2D eigenvalue weighted by atomic mass is 10.1. The number of hydrogen-bond acceptors (Lipinski definition) is 7. The van der Waals surface area contributed by atoms with Crippen molar-refractivity contribution >= 4 is 33.8 Å². The van der Waals surface area contributed by atoms with E-state index in [1.165, 1.54) is 22.9 Å². The molecule has 0 radical (unpaired) electrons. The first-order chi connectivity index (χ1) is 14.2. The summed E-state index contributed by atoms with van der Waals surface area (Å²) in [5.74, 6) is 1.52. The van der Waals surface area contributed by atoms with Crippen molar-refractivity contribution in [1.29, 1.82) is 0 Å². The van der Waals surface area contributed by atoms with Gasteiger partial charge in [-0.15, -0.1) is 20.4 Å². The summed E-state index contributed by atoms with van der Waals surface area (Å²) in [6.07, 6.45) is 0.978. The highest BCUT2D eigenvalue weighted by atomic mass is 32.2. The van der Waals surface area contributed by atoms with Gasteiger partial charge in [0.2, 0.25) is 16.9 Å². The van der Waals surface area contributed by atoms with E-state index in [9.17, 15) is 0 Å². The second-order valence-electron chi connectivity index (χ2n) is 6.81. The number of benzene rings is 2. The van der Waals surface area contributed by atoms with Crippen molar-refractivity contribution in [3.8, 4) is 11.5 Å². The Labute approximate surface area is 171 Å². The van der Waals surface area contributed by atoms with Crippen LogP contribution in [0.15, 0.2) is 52.0 Å². The smallest absolute Gasteiger partial charge is 0.247 e. The predicted octanol–water partition coefficient (Wildman–Crippen LogP) is 4.72. The summed E-state index contributed by atoms with van der Waals surface area (Å²) >= 11 is 1.42. The topological polar surface area (TPSA) is 93.4 Å². The van der Waals surface area contributed by atoms with Gasteiger partial charge >= 0.3 is 0 Å². The number of nitrogens with one attached hydrogen (secondary N) is 1. The van der Waals surface area contributed by atoms with Gasteiger partial charge in [-0.1, -0.05) is 42.4 Å². The molecule has 8 heteroatoms. The number of thioether (sulfide) groups is 1. The summed E-state index contributed by atoms with van der Waals surface area (Å²) < 4.78 is 5.77. The molecular formula is C21H18N6OS. The van der Waals surface area contributed by atoms with Gasteiger partial charge < -0.3 is 9.40 Å². The average Bonchev–Trinajstić information content (AvgIpc) is 3.36. The summed E-state index contributed by atoms with van der Waals surface area (Å²) in [5, 5.41) is 18.5. The fourth-order valence-corrected chi connectivity index (χ4v) is 3.76. The number of rotatable bonds is 5. The first-order valence-electron chi connectivity index (χ1n) is 9.37. The Kier molecular flexibility index (Phi) is 4.48. The third-order valence-electron chi connectivity index (χ3n) is 4.76. The highest BCUT2D eigenvalue weighted by Crippen LogP contribution is 2.26. The SMILES string of the molecule is CCc1ccc2[nH]c3nc(SCc4nnc(-c5ccc(C)cc5)o4)nnc3c2c1. The van der Waals surface area contributed by atoms with Crippen molar-refractivity contribution in [2.75, 3.05) is 0 Å². The zero-order valence-electron chi connectivity index (χ0n) is 16.0. The van der Waals surface area contributed by atoms with Crippen LogP contribution in [0.1, 0.15) is 23.9 Å². The number of H-pyrrole nitrogens is 1. The van der Waals surface area contributed by atoms with Gasteiger partial charge in [0.05, 0.1) is 5.75 Å². The molecule has 0 spiro atoms. The number of hydrogen-bond donors (Lipinski definition) is 1. The van der Waals surface area contributed by atoms with Crippen molar-refractivity contribution in [3.05, 3.63) is 59.5 Å². The van der Waals surface area contributed by atoms with Crippen molar-refractivity contribution in [2.45, 2.75) is 31.2 Å². The highest BCUT2D eigenvalue weighted by Gasteiger charge is 2.13. The minimum Gasteiger partial charge on any atom is -0.420 e. The van der Waals surface area contributed by atoms with Crippen molar-refractivity contribution in [2.24, 2.45) is 0 Å². The van der Waals surface area contributed by atoms with Crippen LogP contribution >= 0.6 is 11.8 Å². The van der Waals surface area contributed by atoms with Crippen LogP contribution in [0.4, 0.5) is 0 Å². The van der Waals surface area contributed by atoms with Gasteiger partial charge in [0, 0.05) is 16.5 Å². The molecule has 0 fully saturated rings. The number of nitrogens with zero attached hydrogens (tertiary/aromatic N) is 5. The Hall–Kier alpha value is -3.26. The molecule has 144 valence electrons. The molecular weight excluding hydrogens is 384 g/mol. The Balaban J connectivity index is 1.35. The molecule has 1 N–H and O–H groups in total. The van der Waals surface area contributed by atoms with Crippen LogP contribution < -0.4 is 0 Å². The first kappa shape index (κ1) is 17.8. The largest absolute Gasteiger partial charge is 0.420 e. The van der Waals surface area contributed by atoms with Gasteiger partial charge in [0.1, 0.15) is 5.52 Å². The Morgan fingerprint density at radius 1 is 1.00 bits per heavy atom. The van der Waals surface area contributed by atoms with Crippen LogP contribution in [-0.2, 0) is 12.2 Å². The summed E-state index contributed by atoms with van der Waals surface area (Å²) in [7, 11) is 0. The number of fused-ring (bicyclic) bond motifs is 3. The van der Waals surface area contributed by atoms with Gasteiger partial charge in [-0.2, -0.15) is 0 Å². The summed E-state index contributed by atoms with van der Waals surface area (Å²) in [6, 6.07) is 14.3. The van der Waals surface area contributed by atoms with E-state index in [1.54, 1.807) is 0 Å². The second kappa shape index (κ2) is 7.29. The maximum absolute atomic E-state index is 5.77. The average molecular weight is 402 g/mol. The quantitative estimate of drug-likeness (QED) is 0.425. The molecule has 0 bridgehead atoms. The van der Waals surface area contributed by atoms with Gasteiger partial charge in [-0.05, 0) is 43.2 Å². The third kappa shape index (κ3) is 3.47.